The minimum absolute atomic E-state index is 0.151. The number of nitrogens with one attached hydrogen (secondary N) is 1. The third kappa shape index (κ3) is 3.16. The maximum Gasteiger partial charge on any atom is 0.273 e. The number of nitro benzene ring substituents is 1. The smallest absolute Gasteiger partial charge is 0.273 e. The Balaban J connectivity index is 2.29. The summed E-state index contributed by atoms with van der Waals surface area (Å²) in [6.07, 6.45) is 4.86. The lowest BCUT2D eigenvalue weighted by Gasteiger charge is -2.26. The molecule has 1 aliphatic rings. The van der Waals surface area contributed by atoms with Gasteiger partial charge in [-0.15, -0.1) is 0 Å². The molecule has 104 valence electrons. The van der Waals surface area contributed by atoms with Gasteiger partial charge in [0.15, 0.2) is 0 Å². The predicted molar refractivity (Wildman–Crippen MR) is 77.9 cm³/mol. The summed E-state index contributed by atoms with van der Waals surface area (Å²) in [7, 11) is 2.03. The van der Waals surface area contributed by atoms with E-state index >= 15 is 0 Å². The zero-order valence-corrected chi connectivity index (χ0v) is 11.6. The Kier molecular flexibility index (Phi) is 4.24. The lowest BCUT2D eigenvalue weighted by atomic mass is 10.1. The molecule has 0 unspecified atom stereocenters. The van der Waals surface area contributed by atoms with E-state index in [1.807, 2.05) is 20.0 Å². The van der Waals surface area contributed by atoms with E-state index in [9.17, 15) is 10.1 Å². The lowest BCUT2D eigenvalue weighted by molar-refractivity contribution is -0.384. The zero-order valence-electron chi connectivity index (χ0n) is 11.6. The van der Waals surface area contributed by atoms with Crippen molar-refractivity contribution in [1.29, 1.82) is 0 Å². The van der Waals surface area contributed by atoms with Gasteiger partial charge in [0.05, 0.1) is 4.92 Å². The van der Waals surface area contributed by atoms with E-state index in [-0.39, 0.29) is 10.6 Å². The van der Waals surface area contributed by atoms with Crippen LogP contribution in [-0.2, 0) is 0 Å². The fourth-order valence-electron chi connectivity index (χ4n) is 2.71. The van der Waals surface area contributed by atoms with Gasteiger partial charge in [-0.25, -0.2) is 0 Å². The molecule has 5 heteroatoms. The Morgan fingerprint density at radius 2 is 2.05 bits per heavy atom. The second-order valence-electron chi connectivity index (χ2n) is 5.07. The molecular formula is C14H21N3O2. The third-order valence-corrected chi connectivity index (χ3v) is 3.77. The summed E-state index contributed by atoms with van der Waals surface area (Å²) in [5.41, 5.74) is 1.90. The van der Waals surface area contributed by atoms with E-state index in [1.54, 1.807) is 12.1 Å². The highest BCUT2D eigenvalue weighted by Crippen LogP contribution is 2.31. The number of hydrogen-bond donors (Lipinski definition) is 1. The maximum absolute atomic E-state index is 11.0. The van der Waals surface area contributed by atoms with Crippen LogP contribution in [0.15, 0.2) is 18.2 Å². The zero-order chi connectivity index (χ0) is 13.8. The van der Waals surface area contributed by atoms with Crippen LogP contribution in [0.2, 0.25) is 0 Å². The number of anilines is 2. The number of benzene rings is 1. The highest BCUT2D eigenvalue weighted by Gasteiger charge is 2.21. The number of nitrogens with zero attached hydrogens (tertiary/aromatic N) is 2. The average Bonchev–Trinajstić information content (AvgIpc) is 2.91. The van der Waals surface area contributed by atoms with Gasteiger partial charge < -0.3 is 10.2 Å². The van der Waals surface area contributed by atoms with Gasteiger partial charge in [0.1, 0.15) is 0 Å². The van der Waals surface area contributed by atoms with Gasteiger partial charge in [-0.3, -0.25) is 10.1 Å². The van der Waals surface area contributed by atoms with Crippen molar-refractivity contribution in [2.75, 3.05) is 23.8 Å². The maximum atomic E-state index is 11.0. The fourth-order valence-corrected chi connectivity index (χ4v) is 2.71. The fraction of sp³-hybridized carbons (Fsp3) is 0.571. The van der Waals surface area contributed by atoms with Crippen LogP contribution in [0.1, 0.15) is 32.6 Å². The third-order valence-electron chi connectivity index (χ3n) is 3.77. The number of non-ortho nitro benzene ring substituents is 1. The van der Waals surface area contributed by atoms with Crippen LogP contribution < -0.4 is 10.2 Å². The van der Waals surface area contributed by atoms with Crippen LogP contribution in [0.4, 0.5) is 17.1 Å². The molecule has 0 aromatic heterocycles. The monoisotopic (exact) mass is 263 g/mol. The van der Waals surface area contributed by atoms with Crippen LogP contribution in [0.5, 0.6) is 0 Å². The summed E-state index contributed by atoms with van der Waals surface area (Å²) in [5.74, 6) is 0. The first kappa shape index (κ1) is 13.6. The average molecular weight is 263 g/mol. The summed E-state index contributed by atoms with van der Waals surface area (Å²) in [6, 6.07) is 5.76. The predicted octanol–water partition coefficient (Wildman–Crippen LogP) is 3.41. The molecule has 2 rings (SSSR count). The molecule has 0 saturated heterocycles. The highest BCUT2D eigenvalue weighted by atomic mass is 16.6. The number of nitro groups is 1. The summed E-state index contributed by atoms with van der Waals surface area (Å²) < 4.78 is 0. The molecule has 1 aromatic rings. The van der Waals surface area contributed by atoms with Gasteiger partial charge in [0.2, 0.25) is 0 Å². The van der Waals surface area contributed by atoms with Crippen molar-refractivity contribution in [2.45, 2.75) is 38.6 Å². The van der Waals surface area contributed by atoms with Crippen molar-refractivity contribution < 1.29 is 4.92 Å². The van der Waals surface area contributed by atoms with E-state index in [1.165, 1.54) is 25.7 Å². The molecule has 5 nitrogen and oxygen atoms in total. The molecule has 1 aliphatic carbocycles. The Labute approximate surface area is 113 Å². The van der Waals surface area contributed by atoms with Crippen LogP contribution >= 0.6 is 0 Å². The van der Waals surface area contributed by atoms with Crippen molar-refractivity contribution in [3.8, 4) is 0 Å². The molecule has 0 amide bonds. The van der Waals surface area contributed by atoms with Crippen LogP contribution in [0.3, 0.4) is 0 Å². The Bertz CT molecular complexity index is 456. The standard InChI is InChI=1S/C14H21N3O2/c1-3-15-11-8-13(10-14(9-11)17(18)19)16(2)12-6-4-5-7-12/h8-10,12,15H,3-7H2,1-2H3. The van der Waals surface area contributed by atoms with E-state index < -0.39 is 0 Å². The van der Waals surface area contributed by atoms with Gasteiger partial charge in [0.25, 0.3) is 5.69 Å². The molecule has 1 fully saturated rings. The molecule has 0 bridgehead atoms. The summed E-state index contributed by atoms with van der Waals surface area (Å²) in [5, 5.41) is 14.2. The second-order valence-corrected chi connectivity index (χ2v) is 5.07. The van der Waals surface area contributed by atoms with E-state index in [0.29, 0.717) is 6.04 Å². The van der Waals surface area contributed by atoms with Crippen LogP contribution in [0.25, 0.3) is 0 Å². The van der Waals surface area contributed by atoms with Crippen LogP contribution in [0, 0.1) is 10.1 Å². The molecule has 0 atom stereocenters. The van der Waals surface area contributed by atoms with Crippen molar-refractivity contribution in [3.63, 3.8) is 0 Å². The molecule has 0 radical (unpaired) electrons. The van der Waals surface area contributed by atoms with Gasteiger partial charge in [0, 0.05) is 43.1 Å². The largest absolute Gasteiger partial charge is 0.385 e. The SMILES string of the molecule is CCNc1cc(N(C)C2CCCC2)cc([N+](=O)[O-])c1. The number of rotatable bonds is 5. The first-order valence-electron chi connectivity index (χ1n) is 6.88. The molecule has 0 spiro atoms. The second kappa shape index (κ2) is 5.91. The molecule has 1 saturated carbocycles. The molecule has 1 N–H and O–H groups in total. The van der Waals surface area contributed by atoms with Crippen molar-refractivity contribution in [3.05, 3.63) is 28.3 Å². The molecule has 0 heterocycles. The minimum atomic E-state index is -0.327. The van der Waals surface area contributed by atoms with Crippen LogP contribution in [-0.4, -0.2) is 24.6 Å². The first-order chi connectivity index (χ1) is 9.11. The molecule has 1 aromatic carbocycles. The van der Waals surface area contributed by atoms with E-state index in [0.717, 1.165) is 17.9 Å². The van der Waals surface area contributed by atoms with Gasteiger partial charge >= 0.3 is 0 Å². The van der Waals surface area contributed by atoms with E-state index in [2.05, 4.69) is 10.2 Å². The molecular weight excluding hydrogens is 242 g/mol. The quantitative estimate of drug-likeness (QED) is 0.653. The lowest BCUT2D eigenvalue weighted by Crippen LogP contribution is -2.28. The van der Waals surface area contributed by atoms with Gasteiger partial charge in [-0.05, 0) is 25.8 Å². The van der Waals surface area contributed by atoms with Crippen molar-refractivity contribution in [1.82, 2.24) is 0 Å². The first-order valence-corrected chi connectivity index (χ1v) is 6.88. The van der Waals surface area contributed by atoms with Gasteiger partial charge in [-0.2, -0.15) is 0 Å². The van der Waals surface area contributed by atoms with Crippen molar-refractivity contribution >= 4 is 17.1 Å². The topological polar surface area (TPSA) is 58.4 Å². The number of hydrogen-bond acceptors (Lipinski definition) is 4. The highest BCUT2D eigenvalue weighted by molar-refractivity contribution is 5.64. The van der Waals surface area contributed by atoms with Gasteiger partial charge in [-0.1, -0.05) is 12.8 Å². The molecule has 0 aliphatic heterocycles. The molecule has 19 heavy (non-hydrogen) atoms. The minimum Gasteiger partial charge on any atom is -0.385 e. The normalized spacial score (nSPS) is 15.5. The van der Waals surface area contributed by atoms with Crippen molar-refractivity contribution in [2.24, 2.45) is 0 Å². The van der Waals surface area contributed by atoms with E-state index in [4.69, 9.17) is 0 Å². The summed E-state index contributed by atoms with van der Waals surface area (Å²) >= 11 is 0. The summed E-state index contributed by atoms with van der Waals surface area (Å²) in [4.78, 5) is 12.9. The Morgan fingerprint density at radius 3 is 2.63 bits per heavy atom. The Morgan fingerprint density at radius 1 is 1.37 bits per heavy atom. The Hall–Kier alpha value is -1.78. The summed E-state index contributed by atoms with van der Waals surface area (Å²) in [6.45, 7) is 2.74.